The molecule has 17 heavy (non-hydrogen) atoms. The van der Waals surface area contributed by atoms with Gasteiger partial charge >= 0.3 is 0 Å². The van der Waals surface area contributed by atoms with E-state index in [0.717, 1.165) is 12.8 Å². The summed E-state index contributed by atoms with van der Waals surface area (Å²) in [5, 5.41) is 13.7. The summed E-state index contributed by atoms with van der Waals surface area (Å²) in [4.78, 5) is 0. The quantitative estimate of drug-likeness (QED) is 0.816. The molecule has 2 heterocycles. The smallest absolute Gasteiger partial charge is 0.235 e. The number of β-amino-alcohol motifs (C(OH)–C–C–N with tert-alkyl or cyclic N) is 1. The van der Waals surface area contributed by atoms with Crippen molar-refractivity contribution in [3.8, 4) is 0 Å². The first-order valence-electron chi connectivity index (χ1n) is 5.79. The van der Waals surface area contributed by atoms with E-state index in [0.29, 0.717) is 18.2 Å². The van der Waals surface area contributed by atoms with Gasteiger partial charge in [0, 0.05) is 6.20 Å². The fourth-order valence-electron chi connectivity index (χ4n) is 2.05. The minimum atomic E-state index is -3.28. The highest BCUT2D eigenvalue weighted by molar-refractivity contribution is 7.92. The van der Waals surface area contributed by atoms with Crippen molar-refractivity contribution in [3.63, 3.8) is 0 Å². The van der Waals surface area contributed by atoms with E-state index in [1.165, 1.54) is 4.31 Å². The van der Waals surface area contributed by atoms with E-state index in [1.807, 2.05) is 4.68 Å². The second-order valence-corrected chi connectivity index (χ2v) is 6.71. The molecule has 1 aromatic rings. The average Bonchev–Trinajstić information content (AvgIpc) is 3.01. The molecule has 6 nitrogen and oxygen atoms in total. The van der Waals surface area contributed by atoms with Gasteiger partial charge < -0.3 is 5.11 Å². The van der Waals surface area contributed by atoms with Crippen LogP contribution in [0.1, 0.15) is 25.3 Å². The number of nitrogens with zero attached hydrogens (tertiary/aromatic N) is 3. The molecule has 2 aliphatic rings. The van der Waals surface area contributed by atoms with E-state index in [2.05, 4.69) is 5.10 Å². The summed E-state index contributed by atoms with van der Waals surface area (Å²) < 4.78 is 26.9. The zero-order valence-corrected chi connectivity index (χ0v) is 10.2. The lowest BCUT2D eigenvalue weighted by Gasteiger charge is -2.30. The average molecular weight is 257 g/mol. The van der Waals surface area contributed by atoms with Gasteiger partial charge in [0.2, 0.25) is 10.0 Å². The van der Waals surface area contributed by atoms with Crippen LogP contribution in [0.2, 0.25) is 0 Å². The topological polar surface area (TPSA) is 75.4 Å². The first kappa shape index (κ1) is 11.0. The minimum absolute atomic E-state index is 0.00275. The van der Waals surface area contributed by atoms with Crippen molar-refractivity contribution in [1.29, 1.82) is 0 Å². The highest BCUT2D eigenvalue weighted by atomic mass is 32.2. The van der Waals surface area contributed by atoms with Crippen molar-refractivity contribution >= 4 is 15.7 Å². The lowest BCUT2D eigenvalue weighted by atomic mass is 10.3. The maximum Gasteiger partial charge on any atom is 0.235 e. The maximum absolute atomic E-state index is 11.9. The maximum atomic E-state index is 11.9. The van der Waals surface area contributed by atoms with E-state index in [-0.39, 0.29) is 12.3 Å². The predicted molar refractivity (Wildman–Crippen MR) is 62.3 cm³/mol. The molecule has 0 radical (unpaired) electrons. The van der Waals surface area contributed by atoms with Gasteiger partial charge in [-0.3, -0.25) is 8.99 Å². The molecule has 1 aliphatic heterocycles. The Morgan fingerprint density at radius 3 is 2.82 bits per heavy atom. The number of sulfonamides is 1. The Labute approximate surface area is 99.9 Å². The van der Waals surface area contributed by atoms with E-state index >= 15 is 0 Å². The fraction of sp³-hybridized carbons (Fsp3) is 0.700. The lowest BCUT2D eigenvalue weighted by molar-refractivity contribution is 0.176. The molecule has 1 unspecified atom stereocenters. The Morgan fingerprint density at radius 1 is 1.35 bits per heavy atom. The monoisotopic (exact) mass is 257 g/mol. The van der Waals surface area contributed by atoms with Crippen LogP contribution in [0.4, 0.5) is 5.69 Å². The molecule has 1 saturated carbocycles. The van der Waals surface area contributed by atoms with Crippen LogP contribution in [0.5, 0.6) is 0 Å². The third-order valence-corrected chi connectivity index (χ3v) is 5.00. The summed E-state index contributed by atoms with van der Waals surface area (Å²) in [7, 11) is -3.28. The van der Waals surface area contributed by atoms with Crippen molar-refractivity contribution in [2.24, 2.45) is 0 Å². The summed E-state index contributed by atoms with van der Waals surface area (Å²) >= 11 is 0. The van der Waals surface area contributed by atoms with Crippen LogP contribution < -0.4 is 4.31 Å². The highest BCUT2D eigenvalue weighted by Crippen LogP contribution is 2.35. The van der Waals surface area contributed by atoms with Crippen molar-refractivity contribution in [2.75, 3.05) is 16.6 Å². The van der Waals surface area contributed by atoms with Gasteiger partial charge in [-0.25, -0.2) is 8.42 Å². The third kappa shape index (κ3) is 2.04. The summed E-state index contributed by atoms with van der Waals surface area (Å²) in [6.07, 6.45) is 5.27. The molecular formula is C10H15N3O3S. The Kier molecular flexibility index (Phi) is 2.41. The molecule has 7 heteroatoms. The molecule has 0 amide bonds. The van der Waals surface area contributed by atoms with Crippen LogP contribution in [0.15, 0.2) is 12.4 Å². The molecule has 1 atom stereocenters. The third-order valence-electron chi connectivity index (χ3n) is 3.22. The van der Waals surface area contributed by atoms with Gasteiger partial charge in [0.05, 0.1) is 36.3 Å². The number of aromatic nitrogens is 2. The Morgan fingerprint density at radius 2 is 2.12 bits per heavy atom. The standard InChI is InChI=1S/C10H15N3O3S/c14-10-3-4-17(15,16)13(7-10)9-5-11-12(6-9)8-1-2-8/h5-6,8,10,14H,1-4,7H2. The van der Waals surface area contributed by atoms with Gasteiger partial charge in [0.25, 0.3) is 0 Å². The summed E-state index contributed by atoms with van der Waals surface area (Å²) in [6.45, 7) is 0.138. The first-order valence-corrected chi connectivity index (χ1v) is 7.40. The number of aliphatic hydroxyl groups is 1. The molecule has 0 bridgehead atoms. The van der Waals surface area contributed by atoms with Gasteiger partial charge in [-0.2, -0.15) is 5.10 Å². The van der Waals surface area contributed by atoms with Gasteiger partial charge in [-0.1, -0.05) is 0 Å². The molecule has 1 N–H and O–H groups in total. The van der Waals surface area contributed by atoms with Crippen LogP contribution in [0.3, 0.4) is 0 Å². The fourth-order valence-corrected chi connectivity index (χ4v) is 3.66. The van der Waals surface area contributed by atoms with Gasteiger partial charge in [-0.15, -0.1) is 0 Å². The zero-order valence-electron chi connectivity index (χ0n) is 9.36. The Bertz CT molecular complexity index is 521. The van der Waals surface area contributed by atoms with Crippen LogP contribution in [0, 0.1) is 0 Å². The second-order valence-electron chi connectivity index (χ2n) is 4.70. The summed E-state index contributed by atoms with van der Waals surface area (Å²) in [5.74, 6) is 0.00275. The summed E-state index contributed by atoms with van der Waals surface area (Å²) in [6, 6.07) is 0.432. The van der Waals surface area contributed by atoms with Crippen molar-refractivity contribution < 1.29 is 13.5 Å². The normalized spacial score (nSPS) is 28.3. The van der Waals surface area contributed by atoms with Crippen molar-refractivity contribution in [3.05, 3.63) is 12.4 Å². The zero-order chi connectivity index (χ0) is 12.0. The largest absolute Gasteiger partial charge is 0.391 e. The number of hydrogen-bond acceptors (Lipinski definition) is 4. The van der Waals surface area contributed by atoms with Gasteiger partial charge in [-0.05, 0) is 19.3 Å². The van der Waals surface area contributed by atoms with Gasteiger partial charge in [0.1, 0.15) is 0 Å². The highest BCUT2D eigenvalue weighted by Gasteiger charge is 2.32. The van der Waals surface area contributed by atoms with Crippen molar-refractivity contribution in [2.45, 2.75) is 31.4 Å². The van der Waals surface area contributed by atoms with E-state index in [4.69, 9.17) is 0 Å². The van der Waals surface area contributed by atoms with E-state index < -0.39 is 16.1 Å². The molecule has 94 valence electrons. The van der Waals surface area contributed by atoms with Gasteiger partial charge in [0.15, 0.2) is 0 Å². The van der Waals surface area contributed by atoms with E-state index in [1.54, 1.807) is 12.4 Å². The number of aliphatic hydroxyl groups excluding tert-OH is 1. The first-order chi connectivity index (χ1) is 8.06. The molecule has 1 aliphatic carbocycles. The molecule has 1 saturated heterocycles. The van der Waals surface area contributed by atoms with Crippen LogP contribution in [-0.4, -0.2) is 41.7 Å². The molecular weight excluding hydrogens is 242 g/mol. The second kappa shape index (κ2) is 3.71. The molecule has 0 aromatic carbocycles. The molecule has 3 rings (SSSR count). The van der Waals surface area contributed by atoms with Crippen molar-refractivity contribution in [1.82, 2.24) is 9.78 Å². The van der Waals surface area contributed by atoms with E-state index in [9.17, 15) is 13.5 Å². The lowest BCUT2D eigenvalue weighted by Crippen LogP contribution is -2.44. The Hall–Kier alpha value is -1.08. The number of hydrogen-bond donors (Lipinski definition) is 1. The SMILES string of the molecule is O=S1(=O)CCC(O)CN1c1cnn(C2CC2)c1. The molecule has 1 aromatic heterocycles. The Balaban J connectivity index is 1.89. The number of anilines is 1. The van der Waals surface area contributed by atoms with Crippen LogP contribution in [-0.2, 0) is 10.0 Å². The number of rotatable bonds is 2. The predicted octanol–water partition coefficient (Wildman–Crippen LogP) is 0.119. The summed E-state index contributed by atoms with van der Waals surface area (Å²) in [5.41, 5.74) is 0.565. The minimum Gasteiger partial charge on any atom is -0.391 e. The van der Waals surface area contributed by atoms with Crippen LogP contribution in [0.25, 0.3) is 0 Å². The molecule has 0 spiro atoms. The van der Waals surface area contributed by atoms with Crippen LogP contribution >= 0.6 is 0 Å². The molecule has 2 fully saturated rings.